The van der Waals surface area contributed by atoms with Gasteiger partial charge < -0.3 is 19.1 Å². The summed E-state index contributed by atoms with van der Waals surface area (Å²) in [4.78, 5) is 38.1. The van der Waals surface area contributed by atoms with E-state index >= 15 is 0 Å². The summed E-state index contributed by atoms with van der Waals surface area (Å²) in [5.74, 6) is -1.14. The van der Waals surface area contributed by atoms with Crippen LogP contribution in [-0.2, 0) is 23.4 Å². The zero-order valence-corrected chi connectivity index (χ0v) is 22.9. The molecule has 2 heterocycles. The number of alkyl halides is 2. The summed E-state index contributed by atoms with van der Waals surface area (Å²) >= 11 is 9.63. The zero-order chi connectivity index (χ0) is 26.7. The van der Waals surface area contributed by atoms with Gasteiger partial charge in [-0.1, -0.05) is 52.7 Å². The molecule has 1 aliphatic rings. The Balaban J connectivity index is 1.80. The van der Waals surface area contributed by atoms with Gasteiger partial charge in [0.15, 0.2) is 10.0 Å². The molecule has 0 amide bonds. The molecule has 0 saturated carbocycles. The van der Waals surface area contributed by atoms with Crippen molar-refractivity contribution in [2.75, 3.05) is 12.8 Å². The van der Waals surface area contributed by atoms with Gasteiger partial charge in [-0.05, 0) is 26.0 Å². The number of halogens is 2. The number of nitrogens with one attached hydrogen (secondary N) is 1. The van der Waals surface area contributed by atoms with Crippen LogP contribution in [0.4, 0.5) is 0 Å². The van der Waals surface area contributed by atoms with Gasteiger partial charge in [-0.3, -0.25) is 23.7 Å². The first-order valence-electron chi connectivity index (χ1n) is 11.0. The second-order valence-corrected chi connectivity index (χ2v) is 13.0. The van der Waals surface area contributed by atoms with Crippen molar-refractivity contribution in [2.45, 2.75) is 49.1 Å². The first-order valence-corrected chi connectivity index (χ1v) is 13.9. The smallest absolute Gasteiger partial charge is 0.380 e. The molecule has 14 heteroatoms. The number of ether oxygens (including phenoxy) is 2. The fourth-order valence-corrected chi connectivity index (χ4v) is 6.21. The number of carbonyl (C=O) groups is 1. The summed E-state index contributed by atoms with van der Waals surface area (Å²) in [7, 11) is -3.99. The number of hydrogen-bond donors (Lipinski definition) is 2. The molecule has 1 unspecified atom stereocenters. The van der Waals surface area contributed by atoms with Crippen molar-refractivity contribution in [3.63, 3.8) is 0 Å². The molecule has 0 radical (unpaired) electrons. The molecule has 0 spiro atoms. The molecule has 36 heavy (non-hydrogen) atoms. The number of carbonyl (C=O) groups excluding carboxylic acids is 1. The van der Waals surface area contributed by atoms with Gasteiger partial charge >= 0.3 is 19.3 Å². The molecule has 1 aromatic carbocycles. The number of esters is 1. The number of aliphatic hydroxyl groups is 1. The number of hydrogen-bond acceptors (Lipinski definition) is 9. The lowest BCUT2D eigenvalue weighted by Gasteiger charge is -2.25. The van der Waals surface area contributed by atoms with Crippen LogP contribution < -0.4 is 15.8 Å². The third-order valence-electron chi connectivity index (χ3n) is 5.16. The number of para-hydroxylation sites is 1. The third kappa shape index (κ3) is 6.87. The summed E-state index contributed by atoms with van der Waals surface area (Å²) in [6.07, 6.45) is -3.33. The second-order valence-electron chi connectivity index (χ2n) is 8.54. The van der Waals surface area contributed by atoms with E-state index in [9.17, 15) is 24.1 Å². The van der Waals surface area contributed by atoms with Crippen LogP contribution in [0.15, 0.2) is 52.2 Å². The topological polar surface area (TPSA) is 146 Å². The van der Waals surface area contributed by atoms with Crippen LogP contribution >= 0.6 is 35.1 Å². The lowest BCUT2D eigenvalue weighted by molar-refractivity contribution is -0.151. The van der Waals surface area contributed by atoms with Gasteiger partial charge in [-0.25, -0.2) is 9.36 Å². The summed E-state index contributed by atoms with van der Waals surface area (Å²) in [5.41, 5.74) is -1.42. The van der Waals surface area contributed by atoms with Gasteiger partial charge in [0.05, 0.1) is 24.8 Å². The maximum absolute atomic E-state index is 13.7. The highest BCUT2D eigenvalue weighted by Crippen LogP contribution is 2.52. The number of aromatic nitrogens is 2. The summed E-state index contributed by atoms with van der Waals surface area (Å²) in [6, 6.07) is 9.36. The van der Waals surface area contributed by atoms with Gasteiger partial charge in [0.2, 0.25) is 0 Å². The Morgan fingerprint density at radius 3 is 2.56 bits per heavy atom. The molecule has 1 saturated heterocycles. The van der Waals surface area contributed by atoms with E-state index in [0.717, 1.165) is 10.6 Å². The van der Waals surface area contributed by atoms with Crippen LogP contribution in [0.1, 0.15) is 27.0 Å². The average molecular weight is 610 g/mol. The van der Waals surface area contributed by atoms with E-state index in [1.165, 1.54) is 13.1 Å². The molecule has 1 aromatic heterocycles. The van der Waals surface area contributed by atoms with Crippen molar-refractivity contribution >= 4 is 41.1 Å². The van der Waals surface area contributed by atoms with E-state index in [1.807, 2.05) is 0 Å². The molecule has 1 fully saturated rings. The molecule has 11 nitrogen and oxygen atoms in total. The minimum atomic E-state index is -3.99. The monoisotopic (exact) mass is 608 g/mol. The van der Waals surface area contributed by atoms with E-state index < -0.39 is 59.6 Å². The molecular weight excluding hydrogens is 583 g/mol. The van der Waals surface area contributed by atoms with Crippen molar-refractivity contribution in [1.82, 2.24) is 9.55 Å². The zero-order valence-electron chi connectivity index (χ0n) is 19.7. The summed E-state index contributed by atoms with van der Waals surface area (Å²) in [6.45, 7) is 4.48. The van der Waals surface area contributed by atoms with Crippen LogP contribution in [0, 0.1) is 5.92 Å². The van der Waals surface area contributed by atoms with Gasteiger partial charge in [0.25, 0.3) is 5.56 Å². The second kappa shape index (κ2) is 11.6. The van der Waals surface area contributed by atoms with Crippen LogP contribution in [0.25, 0.3) is 0 Å². The SMILES string of the molecule is CC(C)OC(=O)[C@@H](C)CP(=O)(OC[C@H]1O[C@@H](n2ccc(=O)[nH]c2=O)[C@](Cl)(Br)[C@@H]1O)Oc1ccccc1. The number of aliphatic hydroxyl groups excluding tert-OH is 1. The van der Waals surface area contributed by atoms with Crippen LogP contribution in [0.3, 0.4) is 0 Å². The minimum Gasteiger partial charge on any atom is -0.463 e. The first-order chi connectivity index (χ1) is 16.8. The van der Waals surface area contributed by atoms with Crippen molar-refractivity contribution in [3.8, 4) is 5.75 Å². The number of benzene rings is 1. The Morgan fingerprint density at radius 1 is 1.28 bits per heavy atom. The highest BCUT2D eigenvalue weighted by Gasteiger charge is 2.55. The molecule has 2 N–H and O–H groups in total. The maximum Gasteiger partial charge on any atom is 0.380 e. The Kier molecular flexibility index (Phi) is 9.24. The van der Waals surface area contributed by atoms with Crippen molar-refractivity contribution in [1.29, 1.82) is 0 Å². The standard InChI is InChI=1S/C22H27BrClN2O9P/c1-13(2)33-19(29)14(3)12-36(31,35-15-7-5-4-6-8-15)32-11-16-18(28)22(23,24)20(34-16)26-10-9-17(27)25-21(26)30/h4-10,13-14,16,18,20,28H,11-12H2,1-3H3,(H,25,27,30)/t14-,16+,18+,20+,22-,36?/m0/s1. The van der Waals surface area contributed by atoms with Crippen molar-refractivity contribution in [2.24, 2.45) is 5.92 Å². The minimum absolute atomic E-state index is 0.253. The predicted octanol–water partition coefficient (Wildman–Crippen LogP) is 3.00. The summed E-state index contributed by atoms with van der Waals surface area (Å²) < 4.78 is 35.3. The number of H-pyrrole nitrogens is 1. The van der Waals surface area contributed by atoms with Gasteiger partial charge in [-0.2, -0.15) is 0 Å². The quantitative estimate of drug-likeness (QED) is 0.236. The van der Waals surface area contributed by atoms with Crippen LogP contribution in [-0.4, -0.2) is 55.5 Å². The number of rotatable bonds is 10. The third-order valence-corrected chi connectivity index (χ3v) is 8.46. The predicted molar refractivity (Wildman–Crippen MR) is 135 cm³/mol. The summed E-state index contributed by atoms with van der Waals surface area (Å²) in [5, 5.41) is 10.8. The van der Waals surface area contributed by atoms with E-state index in [0.29, 0.717) is 0 Å². The number of nitrogens with zero attached hydrogens (tertiary/aromatic N) is 1. The maximum atomic E-state index is 13.7. The van der Waals surface area contributed by atoms with Crippen LogP contribution in [0.5, 0.6) is 5.75 Å². The Labute approximate surface area is 220 Å². The molecule has 198 valence electrons. The molecule has 6 atom stereocenters. The lowest BCUT2D eigenvalue weighted by Crippen LogP contribution is -2.40. The van der Waals surface area contributed by atoms with Crippen molar-refractivity contribution in [3.05, 3.63) is 63.4 Å². The van der Waals surface area contributed by atoms with E-state index in [4.69, 9.17) is 30.1 Å². The van der Waals surface area contributed by atoms with E-state index in [-0.39, 0.29) is 18.0 Å². The fourth-order valence-electron chi connectivity index (χ4n) is 3.42. The fraction of sp³-hybridized carbons (Fsp3) is 0.500. The molecule has 3 rings (SSSR count). The Hall–Kier alpha value is -1.95. The first kappa shape index (κ1) is 28.6. The Morgan fingerprint density at radius 2 is 1.94 bits per heavy atom. The van der Waals surface area contributed by atoms with E-state index in [2.05, 4.69) is 20.9 Å². The molecule has 2 aromatic rings. The average Bonchev–Trinajstić information content (AvgIpc) is 3.01. The Bertz CT molecular complexity index is 1220. The molecule has 1 aliphatic heterocycles. The highest BCUT2D eigenvalue weighted by atomic mass is 79.9. The van der Waals surface area contributed by atoms with E-state index in [1.54, 1.807) is 44.2 Å². The lowest BCUT2D eigenvalue weighted by atomic mass is 10.2. The van der Waals surface area contributed by atoms with Gasteiger partial charge in [0.1, 0.15) is 18.0 Å². The van der Waals surface area contributed by atoms with Crippen LogP contribution in [0.2, 0.25) is 0 Å². The molecular formula is C22H27BrClN2O9P. The largest absolute Gasteiger partial charge is 0.463 e. The van der Waals surface area contributed by atoms with Crippen molar-refractivity contribution < 1.29 is 33.0 Å². The van der Waals surface area contributed by atoms with Gasteiger partial charge in [-0.15, -0.1) is 0 Å². The number of aromatic amines is 1. The normalized spacial score (nSPS) is 26.4. The molecule has 0 aliphatic carbocycles. The molecule has 0 bridgehead atoms. The van der Waals surface area contributed by atoms with Gasteiger partial charge in [0, 0.05) is 12.3 Å². The highest BCUT2D eigenvalue weighted by molar-refractivity contribution is 9.10.